The fraction of sp³-hybridized carbons (Fsp3) is 0.158. The first-order valence-electron chi connectivity index (χ1n) is 8.23. The van der Waals surface area contributed by atoms with Crippen molar-refractivity contribution in [3.05, 3.63) is 65.3 Å². The number of hydrogen-bond donors (Lipinski definition) is 0. The Kier molecular flexibility index (Phi) is 4.15. The summed E-state index contributed by atoms with van der Waals surface area (Å²) in [5.41, 5.74) is 3.16. The van der Waals surface area contributed by atoms with Gasteiger partial charge in [-0.15, -0.1) is 0 Å². The molecule has 0 aliphatic rings. The average molecular weight is 363 g/mol. The highest BCUT2D eigenvalue weighted by atomic mass is 35.5. The highest BCUT2D eigenvalue weighted by Crippen LogP contribution is 2.22. The first-order chi connectivity index (χ1) is 12.7. The van der Waals surface area contributed by atoms with Crippen molar-refractivity contribution in [1.82, 2.24) is 24.1 Å². The predicted octanol–water partition coefficient (Wildman–Crippen LogP) is 3.89. The number of rotatable bonds is 4. The van der Waals surface area contributed by atoms with Crippen LogP contribution in [0.5, 0.6) is 0 Å². The van der Waals surface area contributed by atoms with Gasteiger partial charge in [-0.05, 0) is 37.3 Å². The maximum atomic E-state index is 9.11. The van der Waals surface area contributed by atoms with Gasteiger partial charge in [-0.2, -0.15) is 5.26 Å². The van der Waals surface area contributed by atoms with Crippen LogP contribution in [0.15, 0.2) is 48.8 Å². The van der Waals surface area contributed by atoms with E-state index in [1.165, 1.54) is 0 Å². The Balaban J connectivity index is 1.77. The number of fused-ring (bicyclic) bond motifs is 1. The average Bonchev–Trinajstić information content (AvgIpc) is 3.25. The molecule has 0 bridgehead atoms. The number of imidazole rings is 2. The standard InChI is InChI=1S/C19H15ClN6/c1-2-26-16-7-6-13(11-21)10-15(16)24-18(26)12-25-9-8-22-19(25)14-4-3-5-17(20)23-14/h3-10H,2,12H2,1H3. The molecule has 4 rings (SSSR count). The van der Waals surface area contributed by atoms with E-state index in [-0.39, 0.29) is 0 Å². The summed E-state index contributed by atoms with van der Waals surface area (Å²) in [4.78, 5) is 13.5. The van der Waals surface area contributed by atoms with Gasteiger partial charge in [-0.3, -0.25) is 0 Å². The molecule has 3 heterocycles. The summed E-state index contributed by atoms with van der Waals surface area (Å²) in [5.74, 6) is 1.64. The van der Waals surface area contributed by atoms with E-state index in [2.05, 4.69) is 27.5 Å². The Morgan fingerprint density at radius 1 is 1.19 bits per heavy atom. The quantitative estimate of drug-likeness (QED) is 0.516. The zero-order valence-corrected chi connectivity index (χ0v) is 14.9. The molecule has 0 aliphatic heterocycles. The van der Waals surface area contributed by atoms with E-state index in [1.54, 1.807) is 12.3 Å². The van der Waals surface area contributed by atoms with Crippen LogP contribution in [0.2, 0.25) is 5.15 Å². The molecule has 0 atom stereocenters. The minimum Gasteiger partial charge on any atom is -0.327 e. The molecule has 0 spiro atoms. The van der Waals surface area contributed by atoms with Crippen molar-refractivity contribution in [2.75, 3.05) is 0 Å². The molecule has 0 saturated heterocycles. The van der Waals surface area contributed by atoms with Crippen molar-refractivity contribution in [2.24, 2.45) is 0 Å². The first-order valence-corrected chi connectivity index (χ1v) is 8.60. The second-order valence-electron chi connectivity index (χ2n) is 5.81. The minimum atomic E-state index is 0.432. The monoisotopic (exact) mass is 362 g/mol. The Morgan fingerprint density at radius 3 is 2.85 bits per heavy atom. The molecule has 4 aromatic rings. The van der Waals surface area contributed by atoms with Crippen molar-refractivity contribution in [2.45, 2.75) is 20.0 Å². The lowest BCUT2D eigenvalue weighted by Crippen LogP contribution is -2.09. The highest BCUT2D eigenvalue weighted by molar-refractivity contribution is 6.29. The Hall–Kier alpha value is -3.17. The molecule has 0 radical (unpaired) electrons. The van der Waals surface area contributed by atoms with Gasteiger partial charge in [0.25, 0.3) is 0 Å². The third kappa shape index (κ3) is 2.83. The summed E-state index contributed by atoms with van der Waals surface area (Å²) in [6.45, 7) is 3.42. The summed E-state index contributed by atoms with van der Waals surface area (Å²) >= 11 is 6.01. The minimum absolute atomic E-state index is 0.432. The van der Waals surface area contributed by atoms with E-state index in [0.29, 0.717) is 23.0 Å². The van der Waals surface area contributed by atoms with Crippen LogP contribution in [0, 0.1) is 11.3 Å². The molecule has 26 heavy (non-hydrogen) atoms. The number of pyridine rings is 1. The largest absolute Gasteiger partial charge is 0.327 e. The lowest BCUT2D eigenvalue weighted by molar-refractivity contribution is 0.666. The summed E-state index contributed by atoms with van der Waals surface area (Å²) in [6, 6.07) is 13.2. The van der Waals surface area contributed by atoms with E-state index in [4.69, 9.17) is 21.8 Å². The van der Waals surface area contributed by atoms with Gasteiger partial charge in [0.2, 0.25) is 0 Å². The van der Waals surface area contributed by atoms with Crippen LogP contribution in [-0.4, -0.2) is 24.1 Å². The van der Waals surface area contributed by atoms with Gasteiger partial charge in [0.05, 0.1) is 29.2 Å². The maximum Gasteiger partial charge on any atom is 0.159 e. The molecule has 0 N–H and O–H groups in total. The number of aromatic nitrogens is 5. The maximum absolute atomic E-state index is 9.11. The Bertz CT molecular complexity index is 1130. The SMILES string of the molecule is CCn1c(Cn2ccnc2-c2cccc(Cl)n2)nc2cc(C#N)ccc21. The second-order valence-corrected chi connectivity index (χ2v) is 6.20. The molecule has 0 fully saturated rings. The van der Waals surface area contributed by atoms with Gasteiger partial charge in [0, 0.05) is 18.9 Å². The molecule has 3 aromatic heterocycles. The van der Waals surface area contributed by atoms with Crippen molar-refractivity contribution >= 4 is 22.6 Å². The van der Waals surface area contributed by atoms with E-state index < -0.39 is 0 Å². The number of nitriles is 1. The topological polar surface area (TPSA) is 72.3 Å². The van der Waals surface area contributed by atoms with Crippen molar-refractivity contribution in [1.29, 1.82) is 5.26 Å². The van der Waals surface area contributed by atoms with Crippen molar-refractivity contribution in [3.63, 3.8) is 0 Å². The Labute approximate surface area is 155 Å². The van der Waals surface area contributed by atoms with Gasteiger partial charge < -0.3 is 9.13 Å². The van der Waals surface area contributed by atoms with Gasteiger partial charge in [-0.1, -0.05) is 17.7 Å². The lowest BCUT2D eigenvalue weighted by atomic mass is 10.2. The molecule has 1 aromatic carbocycles. The number of nitrogens with zero attached hydrogens (tertiary/aromatic N) is 6. The summed E-state index contributed by atoms with van der Waals surface area (Å²) in [5, 5.41) is 9.54. The highest BCUT2D eigenvalue weighted by Gasteiger charge is 2.14. The van der Waals surface area contributed by atoms with Crippen molar-refractivity contribution in [3.8, 4) is 17.6 Å². The normalized spacial score (nSPS) is 11.0. The smallest absolute Gasteiger partial charge is 0.159 e. The zero-order valence-electron chi connectivity index (χ0n) is 14.1. The molecular formula is C19H15ClN6. The number of hydrogen-bond acceptors (Lipinski definition) is 4. The zero-order chi connectivity index (χ0) is 18.1. The summed E-state index contributed by atoms with van der Waals surface area (Å²) in [7, 11) is 0. The second kappa shape index (κ2) is 6.62. The summed E-state index contributed by atoms with van der Waals surface area (Å²) in [6.07, 6.45) is 3.64. The number of halogens is 1. The fourth-order valence-corrected chi connectivity index (χ4v) is 3.24. The van der Waals surface area contributed by atoms with E-state index in [1.807, 2.05) is 41.1 Å². The van der Waals surface area contributed by atoms with Gasteiger partial charge in [0.1, 0.15) is 16.7 Å². The van der Waals surface area contributed by atoms with Crippen LogP contribution in [0.1, 0.15) is 18.3 Å². The van der Waals surface area contributed by atoms with Gasteiger partial charge in [0.15, 0.2) is 5.82 Å². The van der Waals surface area contributed by atoms with Gasteiger partial charge in [-0.25, -0.2) is 15.0 Å². The predicted molar refractivity (Wildman–Crippen MR) is 99.7 cm³/mol. The van der Waals surface area contributed by atoms with E-state index >= 15 is 0 Å². The third-order valence-electron chi connectivity index (χ3n) is 4.24. The molecule has 128 valence electrons. The number of benzene rings is 1. The molecule has 6 nitrogen and oxygen atoms in total. The van der Waals surface area contributed by atoms with Crippen LogP contribution in [0.3, 0.4) is 0 Å². The van der Waals surface area contributed by atoms with E-state index in [9.17, 15) is 0 Å². The van der Waals surface area contributed by atoms with Crippen molar-refractivity contribution < 1.29 is 0 Å². The molecule has 0 saturated carbocycles. The number of aryl methyl sites for hydroxylation is 1. The fourth-order valence-electron chi connectivity index (χ4n) is 3.08. The Morgan fingerprint density at radius 2 is 2.08 bits per heavy atom. The van der Waals surface area contributed by atoms with Crippen LogP contribution in [-0.2, 0) is 13.1 Å². The third-order valence-corrected chi connectivity index (χ3v) is 4.45. The first kappa shape index (κ1) is 16.3. The van der Waals surface area contributed by atoms with Gasteiger partial charge >= 0.3 is 0 Å². The molecule has 7 heteroatoms. The van der Waals surface area contributed by atoms with E-state index in [0.717, 1.165) is 29.2 Å². The summed E-state index contributed by atoms with van der Waals surface area (Å²) < 4.78 is 4.14. The van der Waals surface area contributed by atoms with Crippen LogP contribution in [0.25, 0.3) is 22.6 Å². The molecule has 0 unspecified atom stereocenters. The lowest BCUT2D eigenvalue weighted by Gasteiger charge is -2.09. The van der Waals surface area contributed by atoms with Crippen LogP contribution < -0.4 is 0 Å². The molecule has 0 aliphatic carbocycles. The molecule has 0 amide bonds. The van der Waals surface area contributed by atoms with Crippen LogP contribution in [0.4, 0.5) is 0 Å². The molecular weight excluding hydrogens is 348 g/mol. The van der Waals surface area contributed by atoms with Crippen LogP contribution >= 0.6 is 11.6 Å².